The fourth-order valence-corrected chi connectivity index (χ4v) is 1.23. The molecular weight excluding hydrogens is 255 g/mol. The van der Waals surface area contributed by atoms with Crippen LogP contribution in [0.25, 0.3) is 0 Å². The van der Waals surface area contributed by atoms with E-state index >= 15 is 0 Å². The van der Waals surface area contributed by atoms with Crippen LogP contribution >= 0.6 is 0 Å². The third-order valence-corrected chi connectivity index (χ3v) is 2.11. The van der Waals surface area contributed by atoms with Crippen molar-refractivity contribution in [2.75, 3.05) is 6.61 Å². The van der Waals surface area contributed by atoms with Crippen LogP contribution in [0.15, 0.2) is 18.2 Å². The highest BCUT2D eigenvalue weighted by molar-refractivity contribution is 5.51. The zero-order chi connectivity index (χ0) is 13.9. The van der Waals surface area contributed by atoms with Gasteiger partial charge >= 0.3 is 12.0 Å². The van der Waals surface area contributed by atoms with Gasteiger partial charge in [-0.2, -0.15) is 0 Å². The van der Waals surface area contributed by atoms with Crippen molar-refractivity contribution in [3.63, 3.8) is 0 Å². The number of aliphatic hydroxyl groups is 1. The Morgan fingerprint density at radius 1 is 1.50 bits per heavy atom. The summed E-state index contributed by atoms with van der Waals surface area (Å²) in [7, 11) is 0. The lowest BCUT2D eigenvalue weighted by Crippen LogP contribution is -2.18. The van der Waals surface area contributed by atoms with Gasteiger partial charge in [0.2, 0.25) is 5.75 Å². The molecule has 0 aromatic heterocycles. The number of hydrogen-bond donors (Lipinski definition) is 1. The summed E-state index contributed by atoms with van der Waals surface area (Å²) in [6.45, 7) is 1.15. The molecule has 1 aromatic carbocycles. The number of nitro benzene ring substituents is 1. The first-order valence-corrected chi connectivity index (χ1v) is 4.72. The zero-order valence-corrected chi connectivity index (χ0v) is 9.19. The van der Waals surface area contributed by atoms with E-state index in [2.05, 4.69) is 4.74 Å². The monoisotopic (exact) mass is 264 g/mol. The van der Waals surface area contributed by atoms with E-state index in [1.807, 2.05) is 0 Å². The van der Waals surface area contributed by atoms with Crippen molar-refractivity contribution in [1.82, 2.24) is 0 Å². The van der Waals surface area contributed by atoms with E-state index in [4.69, 9.17) is 5.11 Å². The number of halogens is 3. The molecule has 0 aliphatic carbocycles. The number of ether oxygens (including phenoxy) is 1. The minimum atomic E-state index is -5.00. The van der Waals surface area contributed by atoms with Crippen molar-refractivity contribution in [2.24, 2.45) is 0 Å². The summed E-state index contributed by atoms with van der Waals surface area (Å²) >= 11 is 0. The molecule has 1 N–H and O–H groups in total. The Bertz CT molecular complexity index is 447. The normalized spacial score (nSPS) is 11.7. The maximum Gasteiger partial charge on any atom is 0.573 e. The smallest absolute Gasteiger partial charge is 0.398 e. The maximum absolute atomic E-state index is 12.0. The molecule has 0 unspecified atom stereocenters. The van der Waals surface area contributed by atoms with E-state index in [0.717, 1.165) is 12.1 Å². The average Bonchev–Trinajstić information content (AvgIpc) is 2.26. The number of rotatable bonds is 4. The Hall–Kier alpha value is -1.83. The van der Waals surface area contributed by atoms with Gasteiger partial charge in [-0.25, -0.2) is 0 Å². The highest BCUT2D eigenvalue weighted by atomic mass is 19.4. The molecule has 0 aliphatic rings. The predicted molar refractivity (Wildman–Crippen MR) is 54.9 cm³/mol. The minimum absolute atomic E-state index is 0.277. The van der Waals surface area contributed by atoms with Gasteiger partial charge in [-0.15, -0.1) is 13.2 Å². The van der Waals surface area contributed by atoms with Gasteiger partial charge < -0.3 is 9.84 Å². The highest BCUT2D eigenvalue weighted by Gasteiger charge is 2.34. The Labute approximate surface area is 99.9 Å². The van der Waals surface area contributed by atoms with Gasteiger partial charge in [-0.1, -0.05) is 13.0 Å². The first kappa shape index (κ1) is 14.2. The number of aliphatic hydroxyl groups excluding tert-OH is 1. The van der Waals surface area contributed by atoms with E-state index in [9.17, 15) is 23.3 Å². The van der Waals surface area contributed by atoms with Crippen LogP contribution in [0.2, 0.25) is 0 Å². The second kappa shape index (κ2) is 5.21. The molecule has 0 bridgehead atoms. The van der Waals surface area contributed by atoms with Crippen LogP contribution in [0.1, 0.15) is 12.5 Å². The number of nitrogens with zero attached hydrogens (tertiary/aromatic N) is 1. The van der Waals surface area contributed by atoms with Crippen molar-refractivity contribution in [3.05, 3.63) is 39.8 Å². The van der Waals surface area contributed by atoms with E-state index in [-0.39, 0.29) is 12.2 Å². The molecule has 99 valence electrons. The Kier molecular flexibility index (Phi) is 4.12. The second-order valence-corrected chi connectivity index (χ2v) is 3.43. The van der Waals surface area contributed by atoms with E-state index in [0.29, 0.717) is 5.92 Å². The zero-order valence-electron chi connectivity index (χ0n) is 9.19. The van der Waals surface area contributed by atoms with Crippen molar-refractivity contribution in [3.8, 4) is 5.75 Å². The molecule has 0 heterocycles. The topological polar surface area (TPSA) is 72.6 Å². The van der Waals surface area contributed by atoms with Crippen LogP contribution in [0.5, 0.6) is 5.75 Å². The number of nitro groups is 1. The molecule has 0 saturated heterocycles. The van der Waals surface area contributed by atoms with Crippen LogP contribution in [0.4, 0.5) is 18.9 Å². The van der Waals surface area contributed by atoms with Gasteiger partial charge in [-0.05, 0) is 11.6 Å². The molecule has 0 saturated carbocycles. The van der Waals surface area contributed by atoms with Crippen LogP contribution in [0.3, 0.4) is 0 Å². The lowest BCUT2D eigenvalue weighted by atomic mass is 10.0. The summed E-state index contributed by atoms with van der Waals surface area (Å²) < 4.78 is 39.6. The summed E-state index contributed by atoms with van der Waals surface area (Å²) in [6.07, 6.45) is -5.00. The van der Waals surface area contributed by atoms with E-state index in [1.54, 1.807) is 0 Å². The Balaban J connectivity index is 3.17. The quantitative estimate of drug-likeness (QED) is 0.669. The molecule has 1 rings (SSSR count). The summed E-state index contributed by atoms with van der Waals surface area (Å²) in [5.41, 5.74) is -0.531. The predicted octanol–water partition coefficient (Wildman–Crippen LogP) is 2.43. The molecule has 0 spiro atoms. The van der Waals surface area contributed by atoms with Crippen molar-refractivity contribution in [1.29, 1.82) is 0 Å². The lowest BCUT2D eigenvalue weighted by molar-refractivity contribution is -0.388. The molecule has 5 nitrogen and oxygen atoms in total. The molecule has 0 amide bonds. The maximum atomic E-state index is 12.0. The highest BCUT2D eigenvalue weighted by Crippen LogP contribution is 2.34. The minimum Gasteiger partial charge on any atom is -0.398 e. The first-order chi connectivity index (χ1) is 8.24. The van der Waals surface area contributed by atoms with Gasteiger partial charge in [0, 0.05) is 12.0 Å². The van der Waals surface area contributed by atoms with Crippen molar-refractivity contribution < 1.29 is 27.9 Å². The summed E-state index contributed by atoms with van der Waals surface area (Å²) in [5.74, 6) is -0.487. The fourth-order valence-electron chi connectivity index (χ4n) is 1.23. The largest absolute Gasteiger partial charge is 0.573 e. The number of benzene rings is 1. The third-order valence-electron chi connectivity index (χ3n) is 2.11. The van der Waals surface area contributed by atoms with Gasteiger partial charge in [-0.3, -0.25) is 10.1 Å². The summed E-state index contributed by atoms with van der Waals surface area (Å²) in [4.78, 5) is 9.68. The first-order valence-electron chi connectivity index (χ1n) is 4.72. The average molecular weight is 264 g/mol. The SMILES string of the molecule is C[C](CO)c1ccc(OC(F)(F)F)c([N+](=O)[O-])c1. The number of hydrogen-bond acceptors (Lipinski definition) is 4. The number of alkyl halides is 3. The van der Waals surface area contributed by atoms with Crippen LogP contribution in [-0.2, 0) is 0 Å². The van der Waals surface area contributed by atoms with Crippen molar-refractivity contribution >= 4 is 5.69 Å². The molecule has 18 heavy (non-hydrogen) atoms. The standard InChI is InChI=1S/C10H9F3NO4/c1-6(5-15)7-2-3-9(18-10(11,12)13)8(4-7)14(16)17/h2-4,15H,5H2,1H3. The van der Waals surface area contributed by atoms with E-state index in [1.165, 1.54) is 13.0 Å². The molecular formula is C10H9F3NO4. The lowest BCUT2D eigenvalue weighted by Gasteiger charge is -2.11. The molecule has 0 aliphatic heterocycles. The molecule has 0 atom stereocenters. The van der Waals surface area contributed by atoms with Gasteiger partial charge in [0.1, 0.15) is 0 Å². The molecule has 1 aromatic rings. The second-order valence-electron chi connectivity index (χ2n) is 3.43. The van der Waals surface area contributed by atoms with Crippen LogP contribution in [-0.4, -0.2) is 23.0 Å². The molecule has 8 heteroatoms. The summed E-state index contributed by atoms with van der Waals surface area (Å²) in [5, 5.41) is 19.5. The molecule has 1 radical (unpaired) electrons. The van der Waals surface area contributed by atoms with Crippen LogP contribution < -0.4 is 4.74 Å². The Morgan fingerprint density at radius 2 is 2.11 bits per heavy atom. The Morgan fingerprint density at radius 3 is 2.56 bits per heavy atom. The molecule has 0 fully saturated rings. The van der Waals surface area contributed by atoms with Gasteiger partial charge in [0.25, 0.3) is 0 Å². The van der Waals surface area contributed by atoms with Crippen LogP contribution in [0, 0.1) is 16.0 Å². The van der Waals surface area contributed by atoms with Gasteiger partial charge in [0.05, 0.1) is 11.5 Å². The fraction of sp³-hybridized carbons (Fsp3) is 0.300. The summed E-state index contributed by atoms with van der Waals surface area (Å²) in [6, 6.07) is 2.98. The third kappa shape index (κ3) is 3.59. The van der Waals surface area contributed by atoms with Crippen molar-refractivity contribution in [2.45, 2.75) is 13.3 Å². The van der Waals surface area contributed by atoms with E-state index < -0.39 is 22.7 Å². The van der Waals surface area contributed by atoms with Gasteiger partial charge in [0.15, 0.2) is 0 Å².